The second-order valence-electron chi connectivity index (χ2n) is 21.8. The van der Waals surface area contributed by atoms with Gasteiger partial charge in [0.25, 0.3) is 9.70 Å². The minimum atomic E-state index is -1.82. The predicted octanol–water partition coefficient (Wildman–Crippen LogP) is 15.3. The molecule has 89 heavy (non-hydrogen) atoms. The maximum Gasteiger partial charge on any atom is 0.337 e. The number of halogens is 3. The number of carbonyl (C=O) groups is 3. The van der Waals surface area contributed by atoms with E-state index in [1.54, 1.807) is 55.5 Å². The molecular formula is C70H58Cl3N7O9. The van der Waals surface area contributed by atoms with E-state index in [1.807, 2.05) is 139 Å². The number of H-pyrrole nitrogens is 4. The summed E-state index contributed by atoms with van der Waals surface area (Å²) in [5, 5.41) is 32.6. The first-order chi connectivity index (χ1) is 42.3. The summed E-state index contributed by atoms with van der Waals surface area (Å²) in [5.41, 5.74) is 13.7. The van der Waals surface area contributed by atoms with Gasteiger partial charge in [-0.2, -0.15) is 0 Å². The molecule has 448 valence electrons. The smallest absolute Gasteiger partial charge is 0.337 e. The number of alkyl halides is 3. The molecule has 16 nitrogen and oxygen atoms in total. The molecule has 0 atom stereocenters. The molecule has 13 rings (SSSR count). The molecule has 0 aliphatic rings. The molecule has 0 bridgehead atoms. The summed E-state index contributed by atoms with van der Waals surface area (Å²) in [6.45, 7) is 14.0. The minimum Gasteiger partial charge on any atom is -0.478 e. The Balaban J connectivity index is 0.000000138. The second kappa shape index (κ2) is 25.2. The zero-order valence-corrected chi connectivity index (χ0v) is 51.4. The fourth-order valence-corrected chi connectivity index (χ4v) is 10.6. The highest BCUT2D eigenvalue weighted by molar-refractivity contribution is 6.76. The van der Waals surface area contributed by atoms with E-state index in [4.69, 9.17) is 34.8 Å². The first-order valence-electron chi connectivity index (χ1n) is 28.1. The van der Waals surface area contributed by atoms with E-state index >= 15 is 0 Å². The van der Waals surface area contributed by atoms with Crippen LogP contribution in [0.3, 0.4) is 0 Å². The maximum atomic E-state index is 13.0. The van der Waals surface area contributed by atoms with Gasteiger partial charge in [0.05, 0.1) is 44.6 Å². The molecule has 0 saturated carbocycles. The third-order valence-corrected chi connectivity index (χ3v) is 15.4. The van der Waals surface area contributed by atoms with Gasteiger partial charge in [-0.3, -0.25) is 24.0 Å². The Bertz CT molecular complexity index is 4740. The van der Waals surface area contributed by atoms with Gasteiger partial charge in [0.1, 0.15) is 0 Å². The molecule has 0 aliphatic carbocycles. The van der Waals surface area contributed by atoms with E-state index in [1.165, 1.54) is 12.1 Å². The van der Waals surface area contributed by atoms with Crippen molar-refractivity contribution in [2.45, 2.75) is 52.3 Å². The number of carboxylic acid groups (broad SMARTS) is 2. The lowest BCUT2D eigenvalue weighted by Crippen LogP contribution is -2.34. The first kappa shape index (κ1) is 61.8. The number of rotatable bonds is 7. The number of nitrogens with one attached hydrogen (secondary N) is 7. The Morgan fingerprint density at radius 3 is 0.843 bits per heavy atom. The number of carbonyl (C=O) groups excluding carboxylic acids is 1. The van der Waals surface area contributed by atoms with Gasteiger partial charge in [-0.25, -0.2) is 9.59 Å². The first-order valence-corrected chi connectivity index (χ1v) is 29.2. The Labute approximate surface area is 522 Å². The van der Waals surface area contributed by atoms with Crippen molar-refractivity contribution >= 4 is 163 Å². The molecular weight excluding hydrogens is 1190 g/mol. The van der Waals surface area contributed by atoms with Gasteiger partial charge < -0.3 is 46.1 Å². The summed E-state index contributed by atoms with van der Waals surface area (Å²) < 4.78 is -1.82. The van der Waals surface area contributed by atoms with E-state index in [9.17, 15) is 43.8 Å². The predicted molar refractivity (Wildman–Crippen MR) is 363 cm³/mol. The molecule has 9 N–H and O–H groups in total. The number of hydrogen-bond acceptors (Lipinski definition) is 9. The Hall–Kier alpha value is -10.3. The van der Waals surface area contributed by atoms with Crippen LogP contribution < -0.4 is 37.7 Å². The standard InChI is InChI=1S/C22H20N2O4.2C22H16N2O2.C4H6Cl3NO/c1-13-3-7-15(8-4-13)23-19-11-18(22(27)28)20(12-17(19)21(25)26)24-16-9-5-14(2)6-10-16;2*1-11-3-5-17-13(7-11)21(25)15-9-20-16(10-19(15)23-17)22(26)14-8-12(2)4-6-18(14)24-20;1-2-8-3(9)4(5,6)7/h3-12,23-24H,1-2H3,(H,25,26)(H,27,28);2*3-10H,1-2H3,(H,23,25)(H,24,26);2H2,1H3,(H,8,9). The summed E-state index contributed by atoms with van der Waals surface area (Å²) in [5.74, 6) is -2.90. The SMILES string of the molecule is CCNC(=O)C(Cl)(Cl)Cl.Cc1ccc(Nc2cc(C(=O)O)c(Nc3ccc(C)cc3)cc2C(=O)O)cc1.Cc1ccc2[nH]c3cc4c(=O)c5cc(C)ccc5[nH]c4cc3c(=O)c2c1.Cc1ccc2[nH]c3cc4c(=O)c5cc(C)ccc5[nH]c4cc3c(=O)c2c1. The van der Waals surface area contributed by atoms with Gasteiger partial charge >= 0.3 is 11.9 Å². The Morgan fingerprint density at radius 2 is 0.618 bits per heavy atom. The maximum absolute atomic E-state index is 13.0. The van der Waals surface area contributed by atoms with Crippen molar-refractivity contribution in [3.63, 3.8) is 0 Å². The Morgan fingerprint density at radius 1 is 0.371 bits per heavy atom. The number of aromatic nitrogens is 4. The fraction of sp³-hybridized carbons (Fsp3) is 0.129. The molecule has 0 radical (unpaired) electrons. The number of benzene rings is 9. The van der Waals surface area contributed by atoms with Crippen molar-refractivity contribution in [3.05, 3.63) is 243 Å². The number of hydrogen-bond donors (Lipinski definition) is 9. The van der Waals surface area contributed by atoms with Crippen molar-refractivity contribution in [2.24, 2.45) is 0 Å². The van der Waals surface area contributed by atoms with Crippen LogP contribution >= 0.6 is 34.8 Å². The molecule has 4 aromatic heterocycles. The van der Waals surface area contributed by atoms with Crippen LogP contribution in [0.4, 0.5) is 22.7 Å². The zero-order chi connectivity index (χ0) is 63.7. The number of pyridine rings is 4. The van der Waals surface area contributed by atoms with Gasteiger partial charge in [0.2, 0.25) is 0 Å². The average molecular weight is 1250 g/mol. The molecule has 1 amide bonds. The van der Waals surface area contributed by atoms with E-state index in [2.05, 4.69) is 35.9 Å². The number of aromatic amines is 4. The van der Waals surface area contributed by atoms with E-state index in [0.717, 1.165) is 55.4 Å². The highest BCUT2D eigenvalue weighted by Crippen LogP contribution is 2.32. The van der Waals surface area contributed by atoms with E-state index in [-0.39, 0.29) is 44.2 Å². The van der Waals surface area contributed by atoms with Gasteiger partial charge in [-0.05, 0) is 158 Å². The molecule has 13 aromatic rings. The minimum absolute atomic E-state index is 0.0239. The molecule has 19 heteroatoms. The van der Waals surface area contributed by atoms with Crippen molar-refractivity contribution in [2.75, 3.05) is 17.2 Å². The fourth-order valence-electron chi connectivity index (χ4n) is 10.4. The van der Waals surface area contributed by atoms with Crippen LogP contribution in [-0.4, -0.2) is 58.3 Å². The highest BCUT2D eigenvalue weighted by Gasteiger charge is 2.29. The zero-order valence-electron chi connectivity index (χ0n) is 49.1. The van der Waals surface area contributed by atoms with Gasteiger partial charge in [0, 0.05) is 83.1 Å². The molecule has 0 unspecified atom stereocenters. The van der Waals surface area contributed by atoms with Crippen LogP contribution in [0, 0.1) is 41.5 Å². The number of anilines is 4. The molecule has 0 fully saturated rings. The quantitative estimate of drug-likeness (QED) is 0.0535. The normalized spacial score (nSPS) is 11.3. The average Bonchev–Trinajstić information content (AvgIpc) is 1.03. The summed E-state index contributed by atoms with van der Waals surface area (Å²) in [6, 6.07) is 47.6. The largest absolute Gasteiger partial charge is 0.478 e. The summed E-state index contributed by atoms with van der Waals surface area (Å²) in [6.07, 6.45) is 0. The van der Waals surface area contributed by atoms with Crippen LogP contribution in [-0.2, 0) is 4.79 Å². The number of aromatic carboxylic acids is 2. The molecule has 0 spiro atoms. The number of amides is 1. The van der Waals surface area contributed by atoms with Crippen LogP contribution in [0.25, 0.3) is 87.2 Å². The number of fused-ring (bicyclic) bond motifs is 8. The van der Waals surface area contributed by atoms with Crippen molar-refractivity contribution in [1.29, 1.82) is 0 Å². The summed E-state index contributed by atoms with van der Waals surface area (Å²) >= 11 is 15.5. The summed E-state index contributed by atoms with van der Waals surface area (Å²) in [4.78, 5) is 99.2. The third-order valence-electron chi connectivity index (χ3n) is 14.9. The Kier molecular flexibility index (Phi) is 17.5. The van der Waals surface area contributed by atoms with Crippen molar-refractivity contribution < 1.29 is 24.6 Å². The van der Waals surface area contributed by atoms with Crippen LogP contribution in [0.1, 0.15) is 61.0 Å². The monoisotopic (exact) mass is 1250 g/mol. The van der Waals surface area contributed by atoms with Crippen LogP contribution in [0.2, 0.25) is 0 Å². The molecule has 4 heterocycles. The number of aryl methyl sites for hydroxylation is 6. The molecule has 0 aliphatic heterocycles. The topological polar surface area (TPSA) is 259 Å². The summed E-state index contributed by atoms with van der Waals surface area (Å²) in [7, 11) is 0. The highest BCUT2D eigenvalue weighted by atomic mass is 35.6. The van der Waals surface area contributed by atoms with Crippen molar-refractivity contribution in [3.8, 4) is 0 Å². The van der Waals surface area contributed by atoms with E-state index < -0.39 is 21.6 Å². The molecule has 9 aromatic carbocycles. The lowest BCUT2D eigenvalue weighted by molar-refractivity contribution is -0.120. The second-order valence-corrected chi connectivity index (χ2v) is 24.1. The van der Waals surface area contributed by atoms with E-state index in [0.29, 0.717) is 83.1 Å². The van der Waals surface area contributed by atoms with Crippen molar-refractivity contribution in [1.82, 2.24) is 25.3 Å². The van der Waals surface area contributed by atoms with Crippen LogP contribution in [0.15, 0.2) is 177 Å². The van der Waals surface area contributed by atoms with Gasteiger partial charge in [0.15, 0.2) is 21.7 Å². The molecule has 0 saturated heterocycles. The third kappa shape index (κ3) is 13.4. The number of carboxylic acids is 2. The van der Waals surface area contributed by atoms with Gasteiger partial charge in [-0.1, -0.05) is 117 Å². The lowest BCUT2D eigenvalue weighted by Gasteiger charge is -2.16. The van der Waals surface area contributed by atoms with Crippen LogP contribution in [0.5, 0.6) is 0 Å². The van der Waals surface area contributed by atoms with Gasteiger partial charge in [-0.15, -0.1) is 0 Å². The lowest BCUT2D eigenvalue weighted by atomic mass is 10.0.